The average molecular weight is 334 g/mol. The molecule has 1 aromatic rings. The second kappa shape index (κ2) is 6.21. The molecular weight excluding hydrogens is 313 g/mol. The first kappa shape index (κ1) is 16.7. The lowest BCUT2D eigenvalue weighted by atomic mass is 10.0. The van der Waals surface area contributed by atoms with Crippen molar-refractivity contribution in [3.8, 4) is 0 Å². The van der Waals surface area contributed by atoms with E-state index < -0.39 is 12.8 Å². The second-order valence-corrected chi connectivity index (χ2v) is 7.68. The summed E-state index contributed by atoms with van der Waals surface area (Å²) in [7, 11) is -4.40. The van der Waals surface area contributed by atoms with Crippen molar-refractivity contribution in [2.45, 2.75) is 44.7 Å². The van der Waals surface area contributed by atoms with Crippen LogP contribution in [0.4, 0.5) is 5.82 Å². The molecule has 0 unspecified atom stereocenters. The molecule has 1 aromatic heterocycles. The van der Waals surface area contributed by atoms with E-state index in [2.05, 4.69) is 14.9 Å². The van der Waals surface area contributed by atoms with Gasteiger partial charge < -0.3 is 14.7 Å². The summed E-state index contributed by atoms with van der Waals surface area (Å²) < 4.78 is 12.0. The van der Waals surface area contributed by atoms with Gasteiger partial charge >= 0.3 is 7.60 Å². The fourth-order valence-electron chi connectivity index (χ4n) is 2.83. The van der Waals surface area contributed by atoms with Crippen LogP contribution in [0.1, 0.15) is 45.4 Å². The molecule has 0 radical (unpaired) electrons. The minimum atomic E-state index is -4.40. The van der Waals surface area contributed by atoms with Gasteiger partial charge in [-0.05, 0) is 25.7 Å². The van der Waals surface area contributed by atoms with Gasteiger partial charge in [-0.15, -0.1) is 0 Å². The summed E-state index contributed by atoms with van der Waals surface area (Å²) in [6.45, 7) is 5.24. The van der Waals surface area contributed by atoms with Crippen molar-refractivity contribution in [2.75, 3.05) is 18.0 Å². The number of nitrogens with zero attached hydrogens (tertiary/aromatic N) is 3. The molecule has 0 aromatic carbocycles. The average Bonchev–Trinajstić information content (AvgIpc) is 2.92. The summed E-state index contributed by atoms with van der Waals surface area (Å²) in [4.78, 5) is 30.2. The molecule has 2 heterocycles. The van der Waals surface area contributed by atoms with Crippen LogP contribution in [0.2, 0.25) is 5.15 Å². The van der Waals surface area contributed by atoms with Crippen molar-refractivity contribution in [1.29, 1.82) is 0 Å². The van der Waals surface area contributed by atoms with Crippen molar-refractivity contribution in [1.82, 2.24) is 9.97 Å². The highest BCUT2D eigenvalue weighted by molar-refractivity contribution is 7.53. The van der Waals surface area contributed by atoms with Gasteiger partial charge in [0.25, 0.3) is 0 Å². The first-order valence-electron chi connectivity index (χ1n) is 7.19. The highest BCUT2D eigenvalue weighted by atomic mass is 35.5. The molecule has 6 nitrogen and oxygen atoms in total. The number of aromatic nitrogens is 2. The second-order valence-electron chi connectivity index (χ2n) is 5.35. The van der Waals surface area contributed by atoms with Gasteiger partial charge in [-0.2, -0.15) is 0 Å². The maximum Gasteiger partial charge on any atom is 0.339 e. The summed E-state index contributed by atoms with van der Waals surface area (Å²) in [6, 6.07) is 1.66. The van der Waals surface area contributed by atoms with Crippen LogP contribution >= 0.6 is 19.2 Å². The van der Waals surface area contributed by atoms with Gasteiger partial charge in [-0.1, -0.05) is 25.4 Å². The maximum atomic E-state index is 12.0. The first-order chi connectivity index (χ1) is 9.84. The van der Waals surface area contributed by atoms with Crippen molar-refractivity contribution < 1.29 is 14.4 Å². The Bertz CT molecular complexity index is 554. The summed E-state index contributed by atoms with van der Waals surface area (Å²) in [6.07, 6.45) is 2.69. The Balaban J connectivity index is 2.53. The Morgan fingerprint density at radius 2 is 1.86 bits per heavy atom. The van der Waals surface area contributed by atoms with Gasteiger partial charge in [-0.3, -0.25) is 4.57 Å². The Hall–Kier alpha value is -0.680. The van der Waals surface area contributed by atoms with Crippen LogP contribution in [0.25, 0.3) is 0 Å². The molecule has 2 rings (SSSR count). The van der Waals surface area contributed by atoms with Crippen LogP contribution in [0.3, 0.4) is 0 Å². The van der Waals surface area contributed by atoms with Crippen molar-refractivity contribution >= 4 is 25.0 Å². The highest BCUT2D eigenvalue weighted by Crippen LogP contribution is 2.60. The zero-order chi connectivity index (χ0) is 15.7. The van der Waals surface area contributed by atoms with E-state index in [1.807, 2.05) is 0 Å². The van der Waals surface area contributed by atoms with Crippen LogP contribution in [0.5, 0.6) is 0 Å². The predicted octanol–water partition coefficient (Wildman–Crippen LogP) is 2.92. The number of halogens is 1. The van der Waals surface area contributed by atoms with Gasteiger partial charge in [0.05, 0.1) is 0 Å². The molecular formula is C13H21ClN3O3P. The largest absolute Gasteiger partial charge is 0.356 e. The molecule has 0 saturated carbocycles. The first-order valence-corrected chi connectivity index (χ1v) is 9.18. The maximum absolute atomic E-state index is 12.0. The lowest BCUT2D eigenvalue weighted by Gasteiger charge is -2.31. The van der Waals surface area contributed by atoms with Gasteiger partial charge in [0.15, 0.2) is 5.82 Å². The molecule has 1 aliphatic heterocycles. The van der Waals surface area contributed by atoms with E-state index in [1.54, 1.807) is 19.9 Å². The quantitative estimate of drug-likeness (QED) is 0.636. The van der Waals surface area contributed by atoms with E-state index in [9.17, 15) is 14.4 Å². The Morgan fingerprint density at radius 1 is 1.29 bits per heavy atom. The molecule has 0 atom stereocenters. The van der Waals surface area contributed by atoms with E-state index >= 15 is 0 Å². The fraction of sp³-hybridized carbons (Fsp3) is 0.692. The predicted molar refractivity (Wildman–Crippen MR) is 82.8 cm³/mol. The number of rotatable bonds is 5. The lowest BCUT2D eigenvalue weighted by molar-refractivity contribution is 0.309. The van der Waals surface area contributed by atoms with Gasteiger partial charge in [0.1, 0.15) is 16.1 Å². The van der Waals surface area contributed by atoms with Gasteiger partial charge in [0.2, 0.25) is 0 Å². The monoisotopic (exact) mass is 333 g/mol. The fourth-order valence-corrected chi connectivity index (χ4v) is 4.19. The summed E-state index contributed by atoms with van der Waals surface area (Å²) in [5.41, 5.74) is 0. The smallest absolute Gasteiger partial charge is 0.339 e. The minimum Gasteiger partial charge on any atom is -0.356 e. The molecule has 1 saturated heterocycles. The molecule has 21 heavy (non-hydrogen) atoms. The van der Waals surface area contributed by atoms with Gasteiger partial charge in [-0.25, -0.2) is 9.97 Å². The topological polar surface area (TPSA) is 86.6 Å². The number of hydrogen-bond acceptors (Lipinski definition) is 4. The van der Waals surface area contributed by atoms with E-state index in [0.29, 0.717) is 5.82 Å². The molecule has 1 fully saturated rings. The Labute approximate surface area is 129 Å². The molecule has 118 valence electrons. The zero-order valence-electron chi connectivity index (χ0n) is 12.3. The molecule has 0 amide bonds. The molecule has 8 heteroatoms. The van der Waals surface area contributed by atoms with Gasteiger partial charge in [0, 0.05) is 19.2 Å². The van der Waals surface area contributed by atoms with Crippen LogP contribution in [0, 0.1) is 0 Å². The molecule has 1 aliphatic rings. The highest BCUT2D eigenvalue weighted by Gasteiger charge is 2.48. The summed E-state index contributed by atoms with van der Waals surface area (Å²) >= 11 is 6.07. The molecule has 0 bridgehead atoms. The SMILES string of the molecule is CCC(CC)(c1nc(Cl)cc(N2CCCC2)n1)P(=O)(O)O. The zero-order valence-corrected chi connectivity index (χ0v) is 13.9. The third-order valence-electron chi connectivity index (χ3n) is 4.26. The van der Waals surface area contributed by atoms with E-state index in [1.165, 1.54) is 0 Å². The van der Waals surface area contributed by atoms with Crippen molar-refractivity contribution in [3.63, 3.8) is 0 Å². The number of anilines is 1. The third kappa shape index (κ3) is 3.09. The normalized spacial score (nSPS) is 16.5. The van der Waals surface area contributed by atoms with E-state index in [4.69, 9.17) is 11.6 Å². The van der Waals surface area contributed by atoms with Crippen LogP contribution in [0.15, 0.2) is 6.07 Å². The van der Waals surface area contributed by atoms with Crippen LogP contribution < -0.4 is 4.90 Å². The van der Waals surface area contributed by atoms with Crippen molar-refractivity contribution in [3.05, 3.63) is 17.0 Å². The molecule has 0 spiro atoms. The van der Waals surface area contributed by atoms with Crippen LogP contribution in [-0.2, 0) is 9.72 Å². The third-order valence-corrected chi connectivity index (χ3v) is 6.40. The van der Waals surface area contributed by atoms with E-state index in [-0.39, 0.29) is 23.8 Å². The standard InChI is InChI=1S/C13H21ClN3O3P/c1-3-13(4-2,21(18,19)20)12-15-10(14)9-11(16-12)17-7-5-6-8-17/h9H,3-8H2,1-2H3,(H2,18,19,20). The lowest BCUT2D eigenvalue weighted by Crippen LogP contribution is -2.29. The Morgan fingerprint density at radius 3 is 2.33 bits per heavy atom. The molecule has 2 N–H and O–H groups in total. The molecule has 0 aliphatic carbocycles. The summed E-state index contributed by atoms with van der Waals surface area (Å²) in [5.74, 6) is 0.803. The minimum absolute atomic E-state index is 0.148. The Kier molecular flexibility index (Phi) is 4.93. The van der Waals surface area contributed by atoms with Crippen molar-refractivity contribution in [2.24, 2.45) is 0 Å². The number of hydrogen-bond donors (Lipinski definition) is 2. The summed E-state index contributed by atoms with van der Waals surface area (Å²) in [5, 5.41) is -1.14. The van der Waals surface area contributed by atoms with Crippen LogP contribution in [-0.4, -0.2) is 32.8 Å². The van der Waals surface area contributed by atoms with E-state index in [0.717, 1.165) is 25.9 Å².